The highest BCUT2D eigenvalue weighted by atomic mass is 35.5. The van der Waals surface area contributed by atoms with E-state index in [2.05, 4.69) is 5.32 Å². The normalized spacial score (nSPS) is 12.1. The molecule has 1 atom stereocenters. The standard InChI is InChI=1S/C24H32ClN3O5S/c1-6-22(24(30)26-7-2)27(15-18-9-8-10-20(13-18)33-4)23(29)16-28(34(5,31)32)19-12-11-17(3)21(25)14-19/h8-14,22H,6-7,15-16H2,1-5H3,(H,26,30). The Bertz CT molecular complexity index is 1120. The van der Waals surface area contributed by atoms with Gasteiger partial charge in [-0.05, 0) is 55.7 Å². The zero-order chi connectivity index (χ0) is 25.5. The topological polar surface area (TPSA) is 96.0 Å². The van der Waals surface area contributed by atoms with E-state index in [0.717, 1.165) is 21.7 Å². The van der Waals surface area contributed by atoms with Gasteiger partial charge in [0.1, 0.15) is 18.3 Å². The van der Waals surface area contributed by atoms with Gasteiger partial charge in [0, 0.05) is 18.1 Å². The molecule has 0 bridgehead atoms. The number of ether oxygens (including phenoxy) is 1. The van der Waals surface area contributed by atoms with Crippen LogP contribution in [0.4, 0.5) is 5.69 Å². The van der Waals surface area contributed by atoms with Crippen LogP contribution in [0.1, 0.15) is 31.4 Å². The zero-order valence-corrected chi connectivity index (χ0v) is 21.7. The third-order valence-electron chi connectivity index (χ3n) is 5.35. The second kappa shape index (κ2) is 12.1. The number of aryl methyl sites for hydroxylation is 1. The van der Waals surface area contributed by atoms with Gasteiger partial charge in [-0.25, -0.2) is 8.42 Å². The molecule has 2 aromatic rings. The van der Waals surface area contributed by atoms with Crippen LogP contribution in [0.2, 0.25) is 5.02 Å². The molecule has 0 aromatic heterocycles. The van der Waals surface area contributed by atoms with E-state index >= 15 is 0 Å². The number of methoxy groups -OCH3 is 1. The van der Waals surface area contributed by atoms with Gasteiger partial charge in [-0.1, -0.05) is 36.7 Å². The average molecular weight is 510 g/mol. The number of anilines is 1. The molecular weight excluding hydrogens is 478 g/mol. The van der Waals surface area contributed by atoms with Crippen LogP contribution in [0, 0.1) is 6.92 Å². The Balaban J connectivity index is 2.46. The molecule has 1 N–H and O–H groups in total. The average Bonchev–Trinajstić information content (AvgIpc) is 2.78. The summed E-state index contributed by atoms with van der Waals surface area (Å²) >= 11 is 6.21. The van der Waals surface area contributed by atoms with Crippen molar-refractivity contribution in [2.45, 2.75) is 39.8 Å². The number of nitrogens with zero attached hydrogens (tertiary/aromatic N) is 2. The summed E-state index contributed by atoms with van der Waals surface area (Å²) in [5, 5.41) is 3.15. The molecule has 2 amide bonds. The molecule has 2 aromatic carbocycles. The second-order valence-electron chi connectivity index (χ2n) is 7.89. The lowest BCUT2D eigenvalue weighted by molar-refractivity contribution is -0.140. The highest BCUT2D eigenvalue weighted by molar-refractivity contribution is 7.92. The van der Waals surface area contributed by atoms with Gasteiger partial charge in [0.15, 0.2) is 0 Å². The molecule has 0 saturated carbocycles. The molecule has 0 fully saturated rings. The lowest BCUT2D eigenvalue weighted by Gasteiger charge is -2.33. The molecule has 0 spiro atoms. The van der Waals surface area contributed by atoms with Crippen LogP contribution < -0.4 is 14.4 Å². The predicted molar refractivity (Wildman–Crippen MR) is 135 cm³/mol. The minimum absolute atomic E-state index is 0.109. The largest absolute Gasteiger partial charge is 0.497 e. The first-order chi connectivity index (χ1) is 16.0. The monoisotopic (exact) mass is 509 g/mol. The number of hydrogen-bond donors (Lipinski definition) is 1. The van der Waals surface area contributed by atoms with Crippen LogP contribution in [-0.4, -0.2) is 57.6 Å². The Morgan fingerprint density at radius 1 is 1.15 bits per heavy atom. The van der Waals surface area contributed by atoms with E-state index in [-0.39, 0.29) is 18.1 Å². The molecule has 1 unspecified atom stereocenters. The number of sulfonamides is 1. The van der Waals surface area contributed by atoms with Crippen molar-refractivity contribution in [1.29, 1.82) is 0 Å². The van der Waals surface area contributed by atoms with Crippen molar-refractivity contribution in [3.05, 3.63) is 58.6 Å². The maximum atomic E-state index is 13.6. The minimum Gasteiger partial charge on any atom is -0.497 e. The van der Waals surface area contributed by atoms with Crippen molar-refractivity contribution in [3.8, 4) is 5.75 Å². The molecule has 0 radical (unpaired) electrons. The second-order valence-corrected chi connectivity index (χ2v) is 10.2. The van der Waals surface area contributed by atoms with E-state index in [1.54, 1.807) is 58.2 Å². The Hall–Kier alpha value is -2.78. The fourth-order valence-corrected chi connectivity index (χ4v) is 4.55. The summed E-state index contributed by atoms with van der Waals surface area (Å²) < 4.78 is 31.5. The Morgan fingerprint density at radius 2 is 1.85 bits per heavy atom. The number of nitrogens with one attached hydrogen (secondary N) is 1. The van der Waals surface area contributed by atoms with Gasteiger partial charge in [0.05, 0.1) is 19.1 Å². The van der Waals surface area contributed by atoms with E-state index < -0.39 is 28.5 Å². The van der Waals surface area contributed by atoms with Crippen molar-refractivity contribution in [3.63, 3.8) is 0 Å². The van der Waals surface area contributed by atoms with Gasteiger partial charge >= 0.3 is 0 Å². The van der Waals surface area contributed by atoms with Gasteiger partial charge in [0.25, 0.3) is 0 Å². The third kappa shape index (κ3) is 7.11. The number of amides is 2. The van der Waals surface area contributed by atoms with E-state index in [9.17, 15) is 18.0 Å². The first-order valence-electron chi connectivity index (χ1n) is 11.0. The summed E-state index contributed by atoms with van der Waals surface area (Å²) in [4.78, 5) is 27.8. The van der Waals surface area contributed by atoms with Crippen LogP contribution in [0.15, 0.2) is 42.5 Å². The predicted octanol–water partition coefficient (Wildman–Crippen LogP) is 3.37. The first-order valence-corrected chi connectivity index (χ1v) is 13.2. The van der Waals surface area contributed by atoms with Crippen LogP contribution in [0.25, 0.3) is 0 Å². The van der Waals surface area contributed by atoms with E-state index in [1.807, 2.05) is 6.07 Å². The number of likely N-dealkylation sites (N-methyl/N-ethyl adjacent to an activating group) is 1. The maximum Gasteiger partial charge on any atom is 0.244 e. The van der Waals surface area contributed by atoms with Crippen molar-refractivity contribution < 1.29 is 22.7 Å². The summed E-state index contributed by atoms with van der Waals surface area (Å²) in [6, 6.07) is 11.2. The number of halogens is 1. The third-order valence-corrected chi connectivity index (χ3v) is 6.89. The molecule has 10 heteroatoms. The highest BCUT2D eigenvalue weighted by Crippen LogP contribution is 2.25. The smallest absolute Gasteiger partial charge is 0.244 e. The summed E-state index contributed by atoms with van der Waals surface area (Å²) in [7, 11) is -2.27. The molecule has 0 aliphatic rings. The molecule has 0 saturated heterocycles. The molecule has 186 valence electrons. The molecule has 0 heterocycles. The molecule has 8 nitrogen and oxygen atoms in total. The summed E-state index contributed by atoms with van der Waals surface area (Å²) in [6.07, 6.45) is 1.39. The molecule has 0 aliphatic carbocycles. The quantitative estimate of drug-likeness (QED) is 0.501. The van der Waals surface area contributed by atoms with Crippen LogP contribution in [0.3, 0.4) is 0 Å². The van der Waals surface area contributed by atoms with Crippen LogP contribution in [-0.2, 0) is 26.2 Å². The molecule has 0 aliphatic heterocycles. The van der Waals surface area contributed by atoms with Crippen molar-refractivity contribution in [2.24, 2.45) is 0 Å². The Morgan fingerprint density at radius 3 is 2.41 bits per heavy atom. The molecule has 34 heavy (non-hydrogen) atoms. The van der Waals surface area contributed by atoms with E-state index in [0.29, 0.717) is 23.7 Å². The lowest BCUT2D eigenvalue weighted by atomic mass is 10.1. The van der Waals surface area contributed by atoms with Crippen molar-refractivity contribution >= 4 is 39.1 Å². The Kier molecular flexibility index (Phi) is 9.76. The lowest BCUT2D eigenvalue weighted by Crippen LogP contribution is -2.52. The molecular formula is C24H32ClN3O5S. The van der Waals surface area contributed by atoms with Crippen LogP contribution >= 0.6 is 11.6 Å². The highest BCUT2D eigenvalue weighted by Gasteiger charge is 2.31. The number of carbonyl (C=O) groups excluding carboxylic acids is 2. The van der Waals surface area contributed by atoms with Gasteiger partial charge in [-0.3, -0.25) is 13.9 Å². The summed E-state index contributed by atoms with van der Waals surface area (Å²) in [5.41, 5.74) is 1.81. The van der Waals surface area contributed by atoms with Crippen LogP contribution in [0.5, 0.6) is 5.75 Å². The number of hydrogen-bond acceptors (Lipinski definition) is 5. The number of rotatable bonds is 11. The van der Waals surface area contributed by atoms with Gasteiger partial charge < -0.3 is 15.0 Å². The van der Waals surface area contributed by atoms with Gasteiger partial charge in [-0.2, -0.15) is 0 Å². The SMILES string of the molecule is CCNC(=O)C(CC)N(Cc1cccc(OC)c1)C(=O)CN(c1ccc(C)c(Cl)c1)S(C)(=O)=O. The zero-order valence-electron chi connectivity index (χ0n) is 20.2. The summed E-state index contributed by atoms with van der Waals surface area (Å²) in [5.74, 6) is -0.198. The minimum atomic E-state index is -3.82. The Labute approximate surface area is 206 Å². The number of benzene rings is 2. The molecule has 2 rings (SSSR count). The number of carbonyl (C=O) groups is 2. The first kappa shape index (κ1) is 27.5. The van der Waals surface area contributed by atoms with Crippen molar-refractivity contribution in [2.75, 3.05) is 30.8 Å². The van der Waals surface area contributed by atoms with Crippen molar-refractivity contribution in [1.82, 2.24) is 10.2 Å². The van der Waals surface area contributed by atoms with E-state index in [1.165, 1.54) is 11.0 Å². The fourth-order valence-electron chi connectivity index (χ4n) is 3.53. The maximum absolute atomic E-state index is 13.6. The summed E-state index contributed by atoms with van der Waals surface area (Å²) in [6.45, 7) is 5.45. The van der Waals surface area contributed by atoms with Gasteiger partial charge in [-0.15, -0.1) is 0 Å². The van der Waals surface area contributed by atoms with E-state index in [4.69, 9.17) is 16.3 Å². The fraction of sp³-hybridized carbons (Fsp3) is 0.417. The van der Waals surface area contributed by atoms with Gasteiger partial charge in [0.2, 0.25) is 21.8 Å².